The molecule has 0 radical (unpaired) electrons. The summed E-state index contributed by atoms with van der Waals surface area (Å²) in [5, 5.41) is 4.72. The number of carbonyl (C=O) groups is 2. The molecule has 0 spiro atoms. The first-order valence-corrected chi connectivity index (χ1v) is 7.66. The van der Waals surface area contributed by atoms with Crippen LogP contribution in [0.1, 0.15) is 56.3 Å². The third-order valence-electron chi connectivity index (χ3n) is 3.65. The van der Waals surface area contributed by atoms with Gasteiger partial charge >= 0.3 is 0 Å². The third kappa shape index (κ3) is 3.54. The Balaban J connectivity index is 2.07. The number of nitrogens with one attached hydrogen (secondary N) is 2. The molecule has 0 aromatic heterocycles. The highest BCUT2D eigenvalue weighted by Crippen LogP contribution is 2.25. The first-order valence-electron chi connectivity index (χ1n) is 7.66. The molecule has 1 heterocycles. The quantitative estimate of drug-likeness (QED) is 0.792. The number of hydrazine groups is 1. The molecule has 1 aliphatic rings. The summed E-state index contributed by atoms with van der Waals surface area (Å²) in [6.07, 6.45) is 3.92. The molecule has 2 amide bonds. The maximum atomic E-state index is 12.5. The van der Waals surface area contributed by atoms with E-state index in [1.807, 2.05) is 25.1 Å². The fourth-order valence-electron chi connectivity index (χ4n) is 2.45. The molecule has 5 heteroatoms. The molecule has 5 nitrogen and oxygen atoms in total. The first kappa shape index (κ1) is 15.4. The highest BCUT2D eigenvalue weighted by atomic mass is 16.2. The summed E-state index contributed by atoms with van der Waals surface area (Å²) in [5.41, 5.74) is 4.17. The molecule has 2 rings (SSSR count). The van der Waals surface area contributed by atoms with Crippen LogP contribution in [0.4, 0.5) is 5.69 Å². The Hall–Kier alpha value is -2.04. The summed E-state index contributed by atoms with van der Waals surface area (Å²) in [6, 6.07) is 7.37. The van der Waals surface area contributed by atoms with Gasteiger partial charge in [-0.1, -0.05) is 38.8 Å². The number of carbonyl (C=O) groups excluding carboxylic acids is 2. The number of para-hydroxylation sites is 1. The van der Waals surface area contributed by atoms with Crippen molar-refractivity contribution in [2.45, 2.75) is 52.1 Å². The zero-order valence-electron chi connectivity index (χ0n) is 12.7. The van der Waals surface area contributed by atoms with Crippen molar-refractivity contribution in [2.24, 2.45) is 0 Å². The number of fused-ring (bicyclic) bond motifs is 1. The SMILES string of the molecule is CCCCCC(=O)NN1C(=O)c2ccccc2NC1CC. The smallest absolute Gasteiger partial charge is 0.276 e. The monoisotopic (exact) mass is 289 g/mol. The molecule has 0 fully saturated rings. The van der Waals surface area contributed by atoms with Crippen LogP contribution in [0, 0.1) is 0 Å². The molecule has 0 saturated carbocycles. The maximum Gasteiger partial charge on any atom is 0.276 e. The maximum absolute atomic E-state index is 12.5. The number of unbranched alkanes of at least 4 members (excludes halogenated alkanes) is 2. The van der Waals surface area contributed by atoms with Crippen molar-refractivity contribution in [1.82, 2.24) is 10.4 Å². The van der Waals surface area contributed by atoms with E-state index < -0.39 is 0 Å². The van der Waals surface area contributed by atoms with E-state index in [1.165, 1.54) is 5.01 Å². The zero-order valence-corrected chi connectivity index (χ0v) is 12.7. The van der Waals surface area contributed by atoms with Gasteiger partial charge in [0.15, 0.2) is 0 Å². The molecular formula is C16H23N3O2. The van der Waals surface area contributed by atoms with Crippen LogP contribution in [0.25, 0.3) is 0 Å². The van der Waals surface area contributed by atoms with Crippen LogP contribution in [-0.2, 0) is 4.79 Å². The van der Waals surface area contributed by atoms with E-state index in [0.717, 1.165) is 31.4 Å². The van der Waals surface area contributed by atoms with Crippen molar-refractivity contribution < 1.29 is 9.59 Å². The Morgan fingerprint density at radius 2 is 2.05 bits per heavy atom. The molecule has 0 aliphatic carbocycles. The van der Waals surface area contributed by atoms with Gasteiger partial charge < -0.3 is 5.32 Å². The third-order valence-corrected chi connectivity index (χ3v) is 3.65. The Labute approximate surface area is 125 Å². The minimum absolute atomic E-state index is 0.101. The Morgan fingerprint density at radius 3 is 2.76 bits per heavy atom. The molecule has 1 aromatic carbocycles. The van der Waals surface area contributed by atoms with Crippen LogP contribution < -0.4 is 10.7 Å². The van der Waals surface area contributed by atoms with E-state index in [0.29, 0.717) is 12.0 Å². The van der Waals surface area contributed by atoms with Gasteiger partial charge in [-0.2, -0.15) is 0 Å². The molecular weight excluding hydrogens is 266 g/mol. The highest BCUT2D eigenvalue weighted by Gasteiger charge is 2.31. The summed E-state index contributed by atoms with van der Waals surface area (Å²) in [6.45, 7) is 4.08. The average molecular weight is 289 g/mol. The van der Waals surface area contributed by atoms with E-state index in [2.05, 4.69) is 17.7 Å². The van der Waals surface area contributed by atoms with Crippen molar-refractivity contribution in [1.29, 1.82) is 0 Å². The number of benzene rings is 1. The Bertz CT molecular complexity index is 516. The summed E-state index contributed by atoms with van der Waals surface area (Å²) >= 11 is 0. The molecule has 1 aliphatic heterocycles. The van der Waals surface area contributed by atoms with Crippen molar-refractivity contribution in [2.75, 3.05) is 5.32 Å². The summed E-state index contributed by atoms with van der Waals surface area (Å²) in [7, 11) is 0. The van der Waals surface area contributed by atoms with Gasteiger partial charge in [0.2, 0.25) is 5.91 Å². The number of hydrogen-bond donors (Lipinski definition) is 2. The van der Waals surface area contributed by atoms with Gasteiger partial charge in [0.05, 0.1) is 5.56 Å². The number of nitrogens with zero attached hydrogens (tertiary/aromatic N) is 1. The molecule has 0 bridgehead atoms. The van der Waals surface area contributed by atoms with E-state index in [9.17, 15) is 9.59 Å². The van der Waals surface area contributed by atoms with Gasteiger partial charge in [-0.3, -0.25) is 15.0 Å². The predicted octanol–water partition coefficient (Wildman–Crippen LogP) is 2.90. The van der Waals surface area contributed by atoms with Gasteiger partial charge in [0.25, 0.3) is 5.91 Å². The van der Waals surface area contributed by atoms with E-state index >= 15 is 0 Å². The lowest BCUT2D eigenvalue weighted by Crippen LogP contribution is -2.57. The highest BCUT2D eigenvalue weighted by molar-refractivity contribution is 6.02. The minimum atomic E-state index is -0.206. The lowest BCUT2D eigenvalue weighted by molar-refractivity contribution is -0.125. The summed E-state index contributed by atoms with van der Waals surface area (Å²) in [5.74, 6) is -0.253. The number of anilines is 1. The van der Waals surface area contributed by atoms with Gasteiger partial charge in [0, 0.05) is 12.1 Å². The van der Waals surface area contributed by atoms with Crippen molar-refractivity contribution in [3.8, 4) is 0 Å². The van der Waals surface area contributed by atoms with E-state index in [4.69, 9.17) is 0 Å². The van der Waals surface area contributed by atoms with Crippen molar-refractivity contribution in [3.05, 3.63) is 29.8 Å². The molecule has 114 valence electrons. The average Bonchev–Trinajstić information content (AvgIpc) is 2.50. The van der Waals surface area contributed by atoms with Crippen LogP contribution in [0.3, 0.4) is 0 Å². The van der Waals surface area contributed by atoms with Crippen molar-refractivity contribution >= 4 is 17.5 Å². The number of rotatable bonds is 6. The first-order chi connectivity index (χ1) is 10.2. The van der Waals surface area contributed by atoms with Gasteiger partial charge in [-0.05, 0) is 25.0 Å². The van der Waals surface area contributed by atoms with Crippen LogP contribution >= 0.6 is 0 Å². The van der Waals surface area contributed by atoms with Gasteiger partial charge in [-0.15, -0.1) is 0 Å². The van der Waals surface area contributed by atoms with Gasteiger partial charge in [-0.25, -0.2) is 5.01 Å². The number of hydrogen-bond acceptors (Lipinski definition) is 3. The summed E-state index contributed by atoms with van der Waals surface area (Å²) < 4.78 is 0. The van der Waals surface area contributed by atoms with Crippen LogP contribution in [0.5, 0.6) is 0 Å². The van der Waals surface area contributed by atoms with E-state index in [1.54, 1.807) is 6.07 Å². The van der Waals surface area contributed by atoms with Crippen molar-refractivity contribution in [3.63, 3.8) is 0 Å². The Morgan fingerprint density at radius 1 is 1.29 bits per heavy atom. The molecule has 1 aromatic rings. The second kappa shape index (κ2) is 7.11. The molecule has 21 heavy (non-hydrogen) atoms. The lowest BCUT2D eigenvalue weighted by Gasteiger charge is -2.37. The topological polar surface area (TPSA) is 61.4 Å². The molecule has 1 unspecified atom stereocenters. The normalized spacial score (nSPS) is 17.1. The fraction of sp³-hybridized carbons (Fsp3) is 0.500. The van der Waals surface area contributed by atoms with E-state index in [-0.39, 0.29) is 18.0 Å². The molecule has 0 saturated heterocycles. The second-order valence-corrected chi connectivity index (χ2v) is 5.28. The second-order valence-electron chi connectivity index (χ2n) is 5.28. The van der Waals surface area contributed by atoms with Crippen LogP contribution in [0.2, 0.25) is 0 Å². The fourth-order valence-corrected chi connectivity index (χ4v) is 2.45. The number of amides is 2. The minimum Gasteiger partial charge on any atom is -0.363 e. The largest absolute Gasteiger partial charge is 0.363 e. The Kier molecular flexibility index (Phi) is 5.20. The molecule has 2 N–H and O–H groups in total. The van der Waals surface area contributed by atoms with Gasteiger partial charge in [0.1, 0.15) is 6.17 Å². The standard InChI is InChI=1S/C16H23N3O2/c1-3-5-6-11-15(20)18-19-14(4-2)17-13-10-8-7-9-12(13)16(19)21/h7-10,14,17H,3-6,11H2,1-2H3,(H,18,20). The van der Waals surface area contributed by atoms with Crippen LogP contribution in [-0.4, -0.2) is 23.0 Å². The lowest BCUT2D eigenvalue weighted by atomic mass is 10.1. The molecule has 1 atom stereocenters. The van der Waals surface area contributed by atoms with Crippen LogP contribution in [0.15, 0.2) is 24.3 Å². The summed E-state index contributed by atoms with van der Waals surface area (Å²) in [4.78, 5) is 24.5. The predicted molar refractivity (Wildman–Crippen MR) is 82.6 cm³/mol. The zero-order chi connectivity index (χ0) is 15.2.